The number of thioether (sulfide) groups is 1. The molecular weight excluding hydrogens is 362 g/mol. The summed E-state index contributed by atoms with van der Waals surface area (Å²) in [6.07, 6.45) is 4.31. The van der Waals surface area contributed by atoms with Crippen molar-refractivity contribution in [3.63, 3.8) is 0 Å². The number of benzene rings is 1. The van der Waals surface area contributed by atoms with E-state index in [1.807, 2.05) is 38.1 Å². The van der Waals surface area contributed by atoms with E-state index in [-0.39, 0.29) is 10.8 Å². The molecule has 1 atom stereocenters. The molecule has 4 nitrogen and oxygen atoms in total. The van der Waals surface area contributed by atoms with Crippen molar-refractivity contribution in [1.82, 2.24) is 9.55 Å². The molecule has 132 valence electrons. The third-order valence-corrected chi connectivity index (χ3v) is 6.81. The molecule has 2 aromatic heterocycles. The van der Waals surface area contributed by atoms with Crippen LogP contribution >= 0.6 is 23.1 Å². The summed E-state index contributed by atoms with van der Waals surface area (Å²) in [5.41, 5.74) is 3.09. The number of nitriles is 1. The van der Waals surface area contributed by atoms with Gasteiger partial charge in [0.1, 0.15) is 4.83 Å². The molecule has 0 aliphatic heterocycles. The van der Waals surface area contributed by atoms with Crippen molar-refractivity contribution in [2.24, 2.45) is 0 Å². The van der Waals surface area contributed by atoms with E-state index < -0.39 is 0 Å². The topological polar surface area (TPSA) is 58.7 Å². The van der Waals surface area contributed by atoms with E-state index in [2.05, 4.69) is 6.07 Å². The molecule has 6 heteroatoms. The maximum Gasteiger partial charge on any atom is 0.267 e. The van der Waals surface area contributed by atoms with E-state index in [9.17, 15) is 10.1 Å². The third kappa shape index (κ3) is 2.95. The quantitative estimate of drug-likeness (QED) is 0.490. The van der Waals surface area contributed by atoms with Crippen molar-refractivity contribution in [3.8, 4) is 11.8 Å². The van der Waals surface area contributed by atoms with E-state index in [1.54, 1.807) is 15.9 Å². The van der Waals surface area contributed by atoms with Gasteiger partial charge in [-0.15, -0.1) is 11.3 Å². The van der Waals surface area contributed by atoms with Gasteiger partial charge in [0.25, 0.3) is 5.56 Å². The summed E-state index contributed by atoms with van der Waals surface area (Å²) in [5.74, 6) is 0. The molecule has 0 unspecified atom stereocenters. The Balaban J connectivity index is 2.03. The lowest BCUT2D eigenvalue weighted by molar-refractivity contribution is 0.699. The smallest absolute Gasteiger partial charge is 0.267 e. The van der Waals surface area contributed by atoms with Gasteiger partial charge in [-0.05, 0) is 62.8 Å². The molecule has 0 radical (unpaired) electrons. The number of nitrogens with zero attached hydrogens (tertiary/aromatic N) is 3. The van der Waals surface area contributed by atoms with Crippen LogP contribution in [0.3, 0.4) is 0 Å². The highest BCUT2D eigenvalue weighted by Gasteiger charge is 2.23. The zero-order valence-corrected chi connectivity index (χ0v) is 16.4. The second-order valence-electron chi connectivity index (χ2n) is 6.65. The van der Waals surface area contributed by atoms with Gasteiger partial charge in [-0.3, -0.25) is 9.36 Å². The second kappa shape index (κ2) is 6.90. The summed E-state index contributed by atoms with van der Waals surface area (Å²) in [4.78, 5) is 20.5. The van der Waals surface area contributed by atoms with E-state index >= 15 is 0 Å². The number of hydrogen-bond donors (Lipinski definition) is 0. The average Bonchev–Trinajstić information content (AvgIpc) is 3.00. The van der Waals surface area contributed by atoms with E-state index in [0.717, 1.165) is 40.7 Å². The maximum absolute atomic E-state index is 13.5. The summed E-state index contributed by atoms with van der Waals surface area (Å²) in [5, 5.41) is 10.3. The lowest BCUT2D eigenvalue weighted by Gasteiger charge is -2.14. The summed E-state index contributed by atoms with van der Waals surface area (Å²) >= 11 is 2.99. The molecule has 26 heavy (non-hydrogen) atoms. The highest BCUT2D eigenvalue weighted by atomic mass is 32.2. The zero-order chi connectivity index (χ0) is 18.3. The van der Waals surface area contributed by atoms with Crippen LogP contribution in [-0.2, 0) is 12.8 Å². The van der Waals surface area contributed by atoms with Gasteiger partial charge in [0.2, 0.25) is 0 Å². The minimum Gasteiger partial charge on any atom is -0.268 e. The van der Waals surface area contributed by atoms with Crippen LogP contribution in [0, 0.1) is 18.3 Å². The van der Waals surface area contributed by atoms with Crippen molar-refractivity contribution >= 4 is 33.3 Å². The fourth-order valence-corrected chi connectivity index (χ4v) is 5.56. The minimum atomic E-state index is -0.273. The Morgan fingerprint density at radius 2 is 2.15 bits per heavy atom. The molecule has 3 aromatic rings. The van der Waals surface area contributed by atoms with Crippen LogP contribution in [0.1, 0.15) is 35.8 Å². The summed E-state index contributed by atoms with van der Waals surface area (Å²) < 4.78 is 1.69. The highest BCUT2D eigenvalue weighted by Crippen LogP contribution is 2.35. The van der Waals surface area contributed by atoms with Gasteiger partial charge in [0, 0.05) is 4.88 Å². The lowest BCUT2D eigenvalue weighted by Crippen LogP contribution is -2.22. The van der Waals surface area contributed by atoms with Crippen LogP contribution in [0.25, 0.3) is 15.9 Å². The number of hydrogen-bond acceptors (Lipinski definition) is 5. The Labute approximate surface area is 160 Å². The molecule has 0 fully saturated rings. The van der Waals surface area contributed by atoms with Crippen LogP contribution in [-0.4, -0.2) is 14.8 Å². The molecule has 0 bridgehead atoms. The van der Waals surface area contributed by atoms with Gasteiger partial charge in [-0.2, -0.15) is 5.26 Å². The molecule has 1 aliphatic carbocycles. The maximum atomic E-state index is 13.5. The molecular formula is C20H19N3OS2. The average molecular weight is 382 g/mol. The van der Waals surface area contributed by atoms with Gasteiger partial charge in [0.05, 0.1) is 22.4 Å². The summed E-state index contributed by atoms with van der Waals surface area (Å²) in [6.45, 7) is 3.85. The van der Waals surface area contributed by atoms with Crippen molar-refractivity contribution in [1.29, 1.82) is 5.26 Å². The molecule has 2 heterocycles. The molecule has 0 saturated carbocycles. The van der Waals surface area contributed by atoms with Gasteiger partial charge < -0.3 is 0 Å². The Bertz CT molecular complexity index is 1090. The summed E-state index contributed by atoms with van der Waals surface area (Å²) in [6, 6.07) is 10.1. The first-order valence-corrected chi connectivity index (χ1v) is 10.5. The predicted octanol–water partition coefficient (Wildman–Crippen LogP) is 4.64. The van der Waals surface area contributed by atoms with Crippen molar-refractivity contribution < 1.29 is 0 Å². The number of aryl methyl sites for hydroxylation is 3. The minimum absolute atomic E-state index is 0.00682. The van der Waals surface area contributed by atoms with Crippen molar-refractivity contribution in [2.45, 2.75) is 49.9 Å². The zero-order valence-electron chi connectivity index (χ0n) is 14.8. The molecule has 1 aromatic carbocycles. The number of rotatable bonds is 3. The van der Waals surface area contributed by atoms with E-state index in [4.69, 9.17) is 4.98 Å². The third-order valence-electron chi connectivity index (χ3n) is 4.68. The molecule has 1 aliphatic rings. The summed E-state index contributed by atoms with van der Waals surface area (Å²) in [7, 11) is 0. The van der Waals surface area contributed by atoms with Crippen LogP contribution in [0.15, 0.2) is 34.2 Å². The molecule has 0 N–H and O–H groups in total. The first-order chi connectivity index (χ1) is 12.6. The standard InChI is InChI=1S/C20H19N3OS2/c1-12-6-5-7-14(10-12)23-19(24)17-15-8-3-4-9-16(15)26-18(17)22-20(23)25-13(2)11-21/h5-7,10,13H,3-4,8-9H2,1-2H3/t13-/m0/s1. The monoisotopic (exact) mass is 381 g/mol. The largest absolute Gasteiger partial charge is 0.268 e. The van der Waals surface area contributed by atoms with Crippen molar-refractivity contribution in [3.05, 3.63) is 50.6 Å². The van der Waals surface area contributed by atoms with Crippen molar-refractivity contribution in [2.75, 3.05) is 0 Å². The normalized spacial score (nSPS) is 14.8. The van der Waals surface area contributed by atoms with Crippen LogP contribution in [0.2, 0.25) is 0 Å². The van der Waals surface area contributed by atoms with Crippen LogP contribution in [0.4, 0.5) is 0 Å². The second-order valence-corrected chi connectivity index (χ2v) is 9.05. The Kier molecular flexibility index (Phi) is 4.60. The fraction of sp³-hybridized carbons (Fsp3) is 0.350. The van der Waals surface area contributed by atoms with E-state index in [1.165, 1.54) is 28.6 Å². The Morgan fingerprint density at radius 3 is 2.92 bits per heavy atom. The molecule has 0 saturated heterocycles. The van der Waals surface area contributed by atoms with Gasteiger partial charge in [-0.1, -0.05) is 23.9 Å². The van der Waals surface area contributed by atoms with E-state index in [0.29, 0.717) is 5.16 Å². The van der Waals surface area contributed by atoms with Gasteiger partial charge in [-0.25, -0.2) is 4.98 Å². The highest BCUT2D eigenvalue weighted by molar-refractivity contribution is 8.00. The predicted molar refractivity (Wildman–Crippen MR) is 108 cm³/mol. The molecule has 0 amide bonds. The number of thiophene rings is 1. The van der Waals surface area contributed by atoms with Crippen LogP contribution < -0.4 is 5.56 Å². The first kappa shape index (κ1) is 17.3. The Morgan fingerprint density at radius 1 is 1.35 bits per heavy atom. The number of aromatic nitrogens is 2. The Hall–Kier alpha value is -2.10. The molecule has 0 spiro atoms. The van der Waals surface area contributed by atoms with Crippen LogP contribution in [0.5, 0.6) is 0 Å². The number of fused-ring (bicyclic) bond motifs is 3. The fourth-order valence-electron chi connectivity index (χ4n) is 3.44. The van der Waals surface area contributed by atoms with Gasteiger partial charge in [0.15, 0.2) is 5.16 Å². The lowest BCUT2D eigenvalue weighted by atomic mass is 9.97. The SMILES string of the molecule is Cc1cccc(-n2c(S[C@@H](C)C#N)nc3sc4c(c3c2=O)CCCC4)c1. The first-order valence-electron chi connectivity index (χ1n) is 8.79. The molecule has 4 rings (SSSR count). The van der Waals surface area contributed by atoms with Gasteiger partial charge >= 0.3 is 0 Å².